The van der Waals surface area contributed by atoms with Gasteiger partial charge in [-0.3, -0.25) is 9.78 Å². The molecule has 1 spiro atoms. The Labute approximate surface area is 154 Å². The fraction of sp³-hybridized carbons (Fsp3) is 0.429. The van der Waals surface area contributed by atoms with Gasteiger partial charge in [-0.25, -0.2) is 0 Å². The van der Waals surface area contributed by atoms with Gasteiger partial charge in [0.1, 0.15) is 0 Å². The maximum absolute atomic E-state index is 12.9. The minimum atomic E-state index is -0.00666. The molecule has 1 aromatic heterocycles. The lowest BCUT2D eigenvalue weighted by Crippen LogP contribution is -2.52. The summed E-state index contributed by atoms with van der Waals surface area (Å²) >= 11 is 0. The normalized spacial score (nSPS) is 23.7. The SMILES string of the molecule is O=C(c1ccncc1)N1CCC[C@@]2(COCCN(c3ccccc3)C2)C1. The van der Waals surface area contributed by atoms with Crippen LogP contribution in [0.3, 0.4) is 0 Å². The van der Waals surface area contributed by atoms with Crippen molar-refractivity contribution in [1.29, 1.82) is 0 Å². The summed E-state index contributed by atoms with van der Waals surface area (Å²) < 4.78 is 5.98. The van der Waals surface area contributed by atoms with Gasteiger partial charge in [-0.05, 0) is 37.1 Å². The summed E-state index contributed by atoms with van der Waals surface area (Å²) in [6.07, 6.45) is 5.47. The number of piperidine rings is 1. The Morgan fingerprint density at radius 3 is 2.65 bits per heavy atom. The highest BCUT2D eigenvalue weighted by molar-refractivity contribution is 5.94. The standard InChI is InChI=1S/C21H25N3O2/c25-20(18-7-10-22-11-8-18)24-12-4-9-21(16-24)15-23(13-14-26-17-21)19-5-2-1-3-6-19/h1-3,5-8,10-11H,4,9,12-17H2/t21-/m0/s1. The van der Waals surface area contributed by atoms with Crippen molar-refractivity contribution in [2.24, 2.45) is 5.41 Å². The number of likely N-dealkylation sites (tertiary alicyclic amines) is 1. The smallest absolute Gasteiger partial charge is 0.253 e. The van der Waals surface area contributed by atoms with Gasteiger partial charge in [-0.1, -0.05) is 18.2 Å². The highest BCUT2D eigenvalue weighted by Gasteiger charge is 2.40. The Morgan fingerprint density at radius 2 is 1.85 bits per heavy atom. The molecule has 2 aliphatic heterocycles. The third kappa shape index (κ3) is 3.58. The van der Waals surface area contributed by atoms with Gasteiger partial charge in [0.2, 0.25) is 0 Å². The summed E-state index contributed by atoms with van der Waals surface area (Å²) in [6.45, 7) is 4.83. The quantitative estimate of drug-likeness (QED) is 0.835. The number of ether oxygens (including phenoxy) is 1. The molecule has 136 valence electrons. The Kier molecular flexibility index (Phi) is 4.89. The van der Waals surface area contributed by atoms with Crippen LogP contribution in [0.2, 0.25) is 0 Å². The zero-order valence-corrected chi connectivity index (χ0v) is 15.0. The number of aromatic nitrogens is 1. The molecule has 0 radical (unpaired) electrons. The molecule has 2 aliphatic rings. The fourth-order valence-electron chi connectivity index (χ4n) is 4.16. The molecule has 0 saturated carbocycles. The second-order valence-electron chi connectivity index (χ2n) is 7.38. The molecular weight excluding hydrogens is 326 g/mol. The minimum Gasteiger partial charge on any atom is -0.379 e. The molecule has 5 heteroatoms. The van der Waals surface area contributed by atoms with E-state index in [1.54, 1.807) is 24.5 Å². The number of nitrogens with zero attached hydrogens (tertiary/aromatic N) is 3. The highest BCUT2D eigenvalue weighted by Crippen LogP contribution is 2.35. The molecule has 1 aromatic carbocycles. The van der Waals surface area contributed by atoms with Crippen molar-refractivity contribution in [3.63, 3.8) is 0 Å². The summed E-state index contributed by atoms with van der Waals surface area (Å²) in [5.41, 5.74) is 1.94. The first-order chi connectivity index (χ1) is 12.8. The monoisotopic (exact) mass is 351 g/mol. The Hall–Kier alpha value is -2.40. The lowest BCUT2D eigenvalue weighted by atomic mass is 9.79. The number of pyridine rings is 1. The third-order valence-electron chi connectivity index (χ3n) is 5.44. The molecule has 1 atom stereocenters. The average Bonchev–Trinajstić information content (AvgIpc) is 2.91. The molecule has 5 nitrogen and oxygen atoms in total. The number of para-hydroxylation sites is 1. The van der Waals surface area contributed by atoms with Crippen LogP contribution in [-0.4, -0.2) is 55.2 Å². The van der Waals surface area contributed by atoms with E-state index in [-0.39, 0.29) is 11.3 Å². The predicted octanol–water partition coefficient (Wildman–Crippen LogP) is 2.84. The molecule has 1 amide bonds. The summed E-state index contributed by atoms with van der Waals surface area (Å²) in [6, 6.07) is 14.1. The van der Waals surface area contributed by atoms with Crippen LogP contribution < -0.4 is 4.90 Å². The molecule has 2 fully saturated rings. The first-order valence-corrected chi connectivity index (χ1v) is 9.33. The molecule has 2 aromatic rings. The van der Waals surface area contributed by atoms with Crippen LogP contribution in [0.25, 0.3) is 0 Å². The van der Waals surface area contributed by atoms with Crippen LogP contribution in [0.15, 0.2) is 54.9 Å². The number of rotatable bonds is 2. The summed E-state index contributed by atoms with van der Waals surface area (Å²) in [4.78, 5) is 21.3. The van der Waals surface area contributed by atoms with E-state index in [4.69, 9.17) is 4.74 Å². The highest BCUT2D eigenvalue weighted by atomic mass is 16.5. The Bertz CT molecular complexity index is 737. The van der Waals surface area contributed by atoms with Crippen molar-refractivity contribution in [3.05, 3.63) is 60.4 Å². The average molecular weight is 351 g/mol. The summed E-state index contributed by atoms with van der Waals surface area (Å²) in [7, 11) is 0. The summed E-state index contributed by atoms with van der Waals surface area (Å²) in [5.74, 6) is 0.0991. The van der Waals surface area contributed by atoms with Gasteiger partial charge < -0.3 is 14.5 Å². The van der Waals surface area contributed by atoms with Gasteiger partial charge in [0.25, 0.3) is 5.91 Å². The summed E-state index contributed by atoms with van der Waals surface area (Å²) in [5, 5.41) is 0. The zero-order valence-electron chi connectivity index (χ0n) is 15.0. The Balaban J connectivity index is 1.53. The second-order valence-corrected chi connectivity index (χ2v) is 7.38. The number of hydrogen-bond acceptors (Lipinski definition) is 4. The number of amides is 1. The van der Waals surface area contributed by atoms with E-state index in [1.807, 2.05) is 11.0 Å². The van der Waals surface area contributed by atoms with Crippen LogP contribution in [0.1, 0.15) is 23.2 Å². The van der Waals surface area contributed by atoms with Crippen molar-refractivity contribution in [1.82, 2.24) is 9.88 Å². The van der Waals surface area contributed by atoms with Crippen LogP contribution in [0, 0.1) is 5.41 Å². The number of carbonyl (C=O) groups excluding carboxylic acids is 1. The topological polar surface area (TPSA) is 45.7 Å². The van der Waals surface area contributed by atoms with Gasteiger partial charge in [0.15, 0.2) is 0 Å². The molecule has 4 rings (SSSR count). The number of anilines is 1. The zero-order chi connectivity index (χ0) is 17.8. The predicted molar refractivity (Wildman–Crippen MR) is 101 cm³/mol. The first kappa shape index (κ1) is 17.0. The minimum absolute atomic E-state index is 0.00666. The molecule has 2 saturated heterocycles. The van der Waals surface area contributed by atoms with Crippen molar-refractivity contribution in [3.8, 4) is 0 Å². The second kappa shape index (κ2) is 7.46. The fourth-order valence-corrected chi connectivity index (χ4v) is 4.16. The van der Waals surface area contributed by atoms with Crippen molar-refractivity contribution in [2.75, 3.05) is 44.3 Å². The molecule has 3 heterocycles. The molecule has 26 heavy (non-hydrogen) atoms. The van der Waals surface area contributed by atoms with Crippen molar-refractivity contribution >= 4 is 11.6 Å². The number of benzene rings is 1. The maximum Gasteiger partial charge on any atom is 0.253 e. The van der Waals surface area contributed by atoms with E-state index < -0.39 is 0 Å². The lowest BCUT2D eigenvalue weighted by Gasteiger charge is -2.44. The van der Waals surface area contributed by atoms with Crippen LogP contribution in [-0.2, 0) is 4.74 Å². The number of hydrogen-bond donors (Lipinski definition) is 0. The van der Waals surface area contributed by atoms with Crippen molar-refractivity contribution in [2.45, 2.75) is 12.8 Å². The van der Waals surface area contributed by atoms with E-state index in [0.29, 0.717) is 5.56 Å². The number of carbonyl (C=O) groups is 1. The lowest BCUT2D eigenvalue weighted by molar-refractivity contribution is 0.0135. The van der Waals surface area contributed by atoms with Crippen LogP contribution in [0.5, 0.6) is 0 Å². The van der Waals surface area contributed by atoms with Crippen LogP contribution >= 0.6 is 0 Å². The Morgan fingerprint density at radius 1 is 1.04 bits per heavy atom. The van der Waals surface area contributed by atoms with Crippen molar-refractivity contribution < 1.29 is 9.53 Å². The van der Waals surface area contributed by atoms with Gasteiger partial charge in [-0.2, -0.15) is 0 Å². The van der Waals surface area contributed by atoms with E-state index in [1.165, 1.54) is 5.69 Å². The van der Waals surface area contributed by atoms with Gasteiger partial charge in [0, 0.05) is 55.2 Å². The van der Waals surface area contributed by atoms with E-state index in [0.717, 1.165) is 52.2 Å². The molecule has 0 unspecified atom stereocenters. The van der Waals surface area contributed by atoms with E-state index in [2.05, 4.69) is 34.1 Å². The largest absolute Gasteiger partial charge is 0.379 e. The van der Waals surface area contributed by atoms with Gasteiger partial charge >= 0.3 is 0 Å². The molecular formula is C21H25N3O2. The molecule has 0 N–H and O–H groups in total. The van der Waals surface area contributed by atoms with E-state index >= 15 is 0 Å². The third-order valence-corrected chi connectivity index (χ3v) is 5.44. The molecule has 0 aliphatic carbocycles. The van der Waals surface area contributed by atoms with Crippen LogP contribution in [0.4, 0.5) is 5.69 Å². The van der Waals surface area contributed by atoms with Gasteiger partial charge in [0.05, 0.1) is 13.2 Å². The maximum atomic E-state index is 12.9. The molecule has 0 bridgehead atoms. The van der Waals surface area contributed by atoms with E-state index in [9.17, 15) is 4.79 Å². The van der Waals surface area contributed by atoms with Gasteiger partial charge in [-0.15, -0.1) is 0 Å². The first-order valence-electron chi connectivity index (χ1n) is 9.33.